The van der Waals surface area contributed by atoms with E-state index in [9.17, 15) is 4.79 Å². The van der Waals surface area contributed by atoms with E-state index in [0.717, 1.165) is 17.9 Å². The van der Waals surface area contributed by atoms with Gasteiger partial charge in [-0.15, -0.1) is 0 Å². The Balaban J connectivity index is 2.00. The minimum atomic E-state index is -0.760. The fraction of sp³-hybridized carbons (Fsp3) is 0.364. The molecule has 1 N–H and O–H groups in total. The molecule has 0 unspecified atom stereocenters. The molecule has 0 radical (unpaired) electrons. The molecule has 1 aromatic carbocycles. The van der Waals surface area contributed by atoms with Gasteiger partial charge in [0.15, 0.2) is 0 Å². The molecule has 0 atom stereocenters. The number of para-hydroxylation sites is 1. The molecule has 0 aliphatic rings. The van der Waals surface area contributed by atoms with Crippen LogP contribution in [0.15, 0.2) is 30.3 Å². The van der Waals surface area contributed by atoms with Crippen LogP contribution in [0.3, 0.4) is 0 Å². The Morgan fingerprint density at radius 1 is 1.33 bits per heavy atom. The number of thioether (sulfide) groups is 1. The summed E-state index contributed by atoms with van der Waals surface area (Å²) in [6.45, 7) is 0.636. The van der Waals surface area contributed by atoms with E-state index in [0.29, 0.717) is 6.61 Å². The summed E-state index contributed by atoms with van der Waals surface area (Å²) in [5, 5.41) is 8.40. The summed E-state index contributed by atoms with van der Waals surface area (Å²) in [7, 11) is 0. The maximum absolute atomic E-state index is 10.2. The van der Waals surface area contributed by atoms with Crippen LogP contribution < -0.4 is 4.74 Å². The standard InChI is InChI=1S/C11H14O3S/c12-11(13)9-15-8-4-7-14-10-5-2-1-3-6-10/h1-3,5-6H,4,7-9H2,(H,12,13). The fourth-order valence-electron chi connectivity index (χ4n) is 1.03. The van der Waals surface area contributed by atoms with Gasteiger partial charge in [0.05, 0.1) is 12.4 Å². The zero-order chi connectivity index (χ0) is 10.9. The van der Waals surface area contributed by atoms with Crippen molar-refractivity contribution in [2.75, 3.05) is 18.1 Å². The second-order valence-corrected chi connectivity index (χ2v) is 4.07. The zero-order valence-electron chi connectivity index (χ0n) is 8.39. The molecule has 0 saturated carbocycles. The number of hydrogen-bond acceptors (Lipinski definition) is 3. The monoisotopic (exact) mass is 226 g/mol. The van der Waals surface area contributed by atoms with Crippen molar-refractivity contribution in [3.63, 3.8) is 0 Å². The highest BCUT2D eigenvalue weighted by atomic mass is 32.2. The summed E-state index contributed by atoms with van der Waals surface area (Å²) >= 11 is 1.42. The molecule has 0 aliphatic heterocycles. The van der Waals surface area contributed by atoms with Crippen LogP contribution in [0.5, 0.6) is 5.75 Å². The van der Waals surface area contributed by atoms with Gasteiger partial charge in [-0.1, -0.05) is 18.2 Å². The third-order valence-corrected chi connectivity index (χ3v) is 2.70. The van der Waals surface area contributed by atoms with Crippen LogP contribution in [0.1, 0.15) is 6.42 Å². The predicted octanol–water partition coefficient (Wildman–Crippen LogP) is 2.27. The average Bonchev–Trinajstić information content (AvgIpc) is 2.24. The predicted molar refractivity (Wildman–Crippen MR) is 61.5 cm³/mol. The number of aliphatic carboxylic acids is 1. The van der Waals surface area contributed by atoms with Gasteiger partial charge in [-0.05, 0) is 24.3 Å². The van der Waals surface area contributed by atoms with Gasteiger partial charge in [-0.2, -0.15) is 11.8 Å². The minimum Gasteiger partial charge on any atom is -0.494 e. The Morgan fingerprint density at radius 2 is 2.07 bits per heavy atom. The fourth-order valence-corrected chi connectivity index (χ4v) is 1.67. The van der Waals surface area contributed by atoms with Gasteiger partial charge in [0.1, 0.15) is 5.75 Å². The van der Waals surface area contributed by atoms with Crippen LogP contribution in [-0.2, 0) is 4.79 Å². The van der Waals surface area contributed by atoms with Crippen molar-refractivity contribution in [1.29, 1.82) is 0 Å². The molecule has 1 aromatic rings. The number of benzene rings is 1. The van der Waals surface area contributed by atoms with Crippen molar-refractivity contribution >= 4 is 17.7 Å². The van der Waals surface area contributed by atoms with Crippen LogP contribution in [0.2, 0.25) is 0 Å². The molecule has 4 heteroatoms. The molecular formula is C11H14O3S. The van der Waals surface area contributed by atoms with Gasteiger partial charge >= 0.3 is 5.97 Å². The maximum atomic E-state index is 10.2. The summed E-state index contributed by atoms with van der Waals surface area (Å²) < 4.78 is 5.45. The maximum Gasteiger partial charge on any atom is 0.313 e. The molecular weight excluding hydrogens is 212 g/mol. The number of carboxylic acid groups (broad SMARTS) is 1. The van der Waals surface area contributed by atoms with Crippen molar-refractivity contribution in [1.82, 2.24) is 0 Å². The summed E-state index contributed by atoms with van der Waals surface area (Å²) in [6, 6.07) is 9.60. The highest BCUT2D eigenvalue weighted by Gasteiger charge is 1.96. The Hall–Kier alpha value is -1.16. The van der Waals surface area contributed by atoms with Crippen molar-refractivity contribution in [2.24, 2.45) is 0 Å². The number of hydrogen-bond donors (Lipinski definition) is 1. The van der Waals surface area contributed by atoms with Gasteiger partial charge in [0.25, 0.3) is 0 Å². The van der Waals surface area contributed by atoms with Crippen molar-refractivity contribution in [3.8, 4) is 5.75 Å². The average molecular weight is 226 g/mol. The van der Waals surface area contributed by atoms with Crippen LogP contribution in [0.4, 0.5) is 0 Å². The summed E-state index contributed by atoms with van der Waals surface area (Å²) in [4.78, 5) is 10.2. The lowest BCUT2D eigenvalue weighted by Crippen LogP contribution is -2.02. The van der Waals surface area contributed by atoms with Gasteiger partial charge in [0, 0.05) is 0 Å². The lowest BCUT2D eigenvalue weighted by atomic mass is 10.3. The smallest absolute Gasteiger partial charge is 0.313 e. The van der Waals surface area contributed by atoms with Gasteiger partial charge < -0.3 is 9.84 Å². The Bertz CT molecular complexity index is 287. The number of carboxylic acids is 1. The quantitative estimate of drug-likeness (QED) is 0.724. The van der Waals surface area contributed by atoms with E-state index >= 15 is 0 Å². The van der Waals surface area contributed by atoms with E-state index in [-0.39, 0.29) is 5.75 Å². The Labute approximate surface area is 93.4 Å². The second-order valence-electron chi connectivity index (χ2n) is 2.96. The highest BCUT2D eigenvalue weighted by Crippen LogP contribution is 2.09. The third kappa shape index (κ3) is 6.01. The highest BCUT2D eigenvalue weighted by molar-refractivity contribution is 7.99. The second kappa shape index (κ2) is 7.17. The van der Waals surface area contributed by atoms with Crippen molar-refractivity contribution < 1.29 is 14.6 Å². The van der Waals surface area contributed by atoms with Crippen molar-refractivity contribution in [2.45, 2.75) is 6.42 Å². The van der Waals surface area contributed by atoms with E-state index in [1.54, 1.807) is 0 Å². The summed E-state index contributed by atoms with van der Waals surface area (Å²) in [6.07, 6.45) is 0.868. The lowest BCUT2D eigenvalue weighted by molar-refractivity contribution is -0.133. The van der Waals surface area contributed by atoms with E-state index in [1.807, 2.05) is 30.3 Å². The topological polar surface area (TPSA) is 46.5 Å². The summed E-state index contributed by atoms with van der Waals surface area (Å²) in [5.41, 5.74) is 0. The van der Waals surface area contributed by atoms with E-state index < -0.39 is 5.97 Å². The lowest BCUT2D eigenvalue weighted by Gasteiger charge is -2.04. The van der Waals surface area contributed by atoms with E-state index in [1.165, 1.54) is 11.8 Å². The molecule has 0 amide bonds. The zero-order valence-corrected chi connectivity index (χ0v) is 9.20. The normalized spacial score (nSPS) is 9.87. The molecule has 0 fully saturated rings. The van der Waals surface area contributed by atoms with Gasteiger partial charge in [-0.25, -0.2) is 0 Å². The van der Waals surface area contributed by atoms with Crippen molar-refractivity contribution in [3.05, 3.63) is 30.3 Å². The van der Waals surface area contributed by atoms with Gasteiger partial charge in [0.2, 0.25) is 0 Å². The molecule has 0 bridgehead atoms. The Morgan fingerprint density at radius 3 is 2.73 bits per heavy atom. The van der Waals surface area contributed by atoms with Crippen LogP contribution >= 0.6 is 11.8 Å². The number of carbonyl (C=O) groups is 1. The van der Waals surface area contributed by atoms with Crippen LogP contribution in [0.25, 0.3) is 0 Å². The first-order valence-electron chi connectivity index (χ1n) is 4.76. The Kier molecular flexibility index (Phi) is 5.70. The van der Waals surface area contributed by atoms with E-state index in [4.69, 9.17) is 9.84 Å². The SMILES string of the molecule is O=C(O)CSCCCOc1ccccc1. The molecule has 0 heterocycles. The van der Waals surface area contributed by atoms with Crippen LogP contribution in [-0.4, -0.2) is 29.2 Å². The first kappa shape index (κ1) is 11.9. The molecule has 1 rings (SSSR count). The number of rotatable bonds is 7. The summed E-state index contributed by atoms with van der Waals surface area (Å²) in [5.74, 6) is 1.09. The molecule has 0 aromatic heterocycles. The molecule has 15 heavy (non-hydrogen) atoms. The molecule has 0 saturated heterocycles. The molecule has 0 aliphatic carbocycles. The van der Waals surface area contributed by atoms with E-state index in [2.05, 4.69) is 0 Å². The largest absolute Gasteiger partial charge is 0.494 e. The minimum absolute atomic E-state index is 0.172. The molecule has 3 nitrogen and oxygen atoms in total. The molecule has 0 spiro atoms. The first-order valence-corrected chi connectivity index (χ1v) is 5.92. The van der Waals surface area contributed by atoms with Gasteiger partial charge in [-0.3, -0.25) is 4.79 Å². The third-order valence-electron chi connectivity index (χ3n) is 1.67. The first-order chi connectivity index (χ1) is 7.29. The van der Waals surface area contributed by atoms with Crippen LogP contribution in [0, 0.1) is 0 Å². The molecule has 82 valence electrons. The number of ether oxygens (including phenoxy) is 1.